The molecule has 0 aliphatic carbocycles. The highest BCUT2D eigenvalue weighted by atomic mass is 32.2. The number of imide groups is 1. The number of thioether (sulfide) groups is 1. The van der Waals surface area contributed by atoms with Crippen LogP contribution in [-0.4, -0.2) is 17.6 Å². The van der Waals surface area contributed by atoms with Crippen molar-refractivity contribution in [3.63, 3.8) is 0 Å². The number of hydrogen-bond acceptors (Lipinski definition) is 3. The molecule has 5 heteroatoms. The van der Waals surface area contributed by atoms with Gasteiger partial charge in [0.05, 0.1) is 16.2 Å². The Morgan fingerprint density at radius 3 is 2.40 bits per heavy atom. The van der Waals surface area contributed by atoms with Gasteiger partial charge in [0.2, 0.25) is 0 Å². The second-order valence-electron chi connectivity index (χ2n) is 5.85. The first-order valence-corrected chi connectivity index (χ1v) is 9.02. The smallest absolute Gasteiger partial charge is 0.268 e. The van der Waals surface area contributed by atoms with E-state index in [1.54, 1.807) is 6.07 Å². The lowest BCUT2D eigenvalue weighted by molar-refractivity contribution is -0.119. The summed E-state index contributed by atoms with van der Waals surface area (Å²) in [5, 5.41) is 0. The predicted molar refractivity (Wildman–Crippen MR) is 99.9 cm³/mol. The maximum atomic E-state index is 14.2. The molecule has 3 nitrogen and oxygen atoms in total. The third-order valence-electron chi connectivity index (χ3n) is 4.07. The SMILES string of the molecule is CCSC1=C(c2ccc(C)cc2C)C(=O)N(c2ccccc2F)C1=O. The molecule has 0 bridgehead atoms. The molecule has 1 aliphatic rings. The number of anilines is 1. The third-order valence-corrected chi connectivity index (χ3v) is 5.03. The maximum absolute atomic E-state index is 14.2. The number of nitrogens with zero attached hydrogens (tertiary/aromatic N) is 1. The zero-order chi connectivity index (χ0) is 18.1. The lowest BCUT2D eigenvalue weighted by Gasteiger charge is -2.16. The van der Waals surface area contributed by atoms with Gasteiger partial charge in [0.15, 0.2) is 0 Å². The monoisotopic (exact) mass is 355 g/mol. The summed E-state index contributed by atoms with van der Waals surface area (Å²) in [4.78, 5) is 27.3. The molecule has 2 amide bonds. The Bertz CT molecular complexity index is 904. The first-order chi connectivity index (χ1) is 12.0. The summed E-state index contributed by atoms with van der Waals surface area (Å²) < 4.78 is 14.2. The summed E-state index contributed by atoms with van der Waals surface area (Å²) in [6, 6.07) is 11.6. The van der Waals surface area contributed by atoms with E-state index >= 15 is 0 Å². The van der Waals surface area contributed by atoms with Crippen molar-refractivity contribution in [3.8, 4) is 0 Å². The molecule has 0 saturated carbocycles. The Kier molecular flexibility index (Phi) is 4.77. The molecule has 0 spiro atoms. The van der Waals surface area contributed by atoms with Crippen LogP contribution >= 0.6 is 11.8 Å². The van der Waals surface area contributed by atoms with Crippen molar-refractivity contribution in [2.24, 2.45) is 0 Å². The highest BCUT2D eigenvalue weighted by Gasteiger charge is 2.41. The van der Waals surface area contributed by atoms with Crippen molar-refractivity contribution < 1.29 is 14.0 Å². The van der Waals surface area contributed by atoms with Gasteiger partial charge in [0.1, 0.15) is 5.82 Å². The zero-order valence-corrected chi connectivity index (χ0v) is 15.1. The van der Waals surface area contributed by atoms with Gasteiger partial charge in [-0.2, -0.15) is 0 Å². The summed E-state index contributed by atoms with van der Waals surface area (Å²) in [5.74, 6) is -0.879. The number of para-hydroxylation sites is 1. The minimum atomic E-state index is -0.591. The molecule has 2 aromatic carbocycles. The van der Waals surface area contributed by atoms with Crippen molar-refractivity contribution in [2.75, 3.05) is 10.7 Å². The summed E-state index contributed by atoms with van der Waals surface area (Å²) >= 11 is 1.32. The maximum Gasteiger partial charge on any atom is 0.272 e. The minimum Gasteiger partial charge on any atom is -0.268 e. The first-order valence-electron chi connectivity index (χ1n) is 8.03. The van der Waals surface area contributed by atoms with Crippen molar-refractivity contribution >= 4 is 34.8 Å². The van der Waals surface area contributed by atoms with Gasteiger partial charge in [-0.1, -0.05) is 42.8 Å². The fourth-order valence-electron chi connectivity index (χ4n) is 2.97. The standard InChI is InChI=1S/C20H18FNO2S/c1-4-25-18-17(14-10-9-12(2)11-13(14)3)19(23)22(20(18)24)16-8-6-5-7-15(16)21/h5-11H,4H2,1-3H3. The molecule has 1 aliphatic heterocycles. The van der Waals surface area contributed by atoms with Crippen LogP contribution in [0.1, 0.15) is 23.6 Å². The van der Waals surface area contributed by atoms with E-state index in [9.17, 15) is 14.0 Å². The lowest BCUT2D eigenvalue weighted by atomic mass is 9.99. The predicted octanol–water partition coefficient (Wildman–Crippen LogP) is 4.48. The van der Waals surface area contributed by atoms with E-state index in [1.807, 2.05) is 39.0 Å². The van der Waals surface area contributed by atoms with Gasteiger partial charge in [0, 0.05) is 0 Å². The Hall–Kier alpha value is -2.40. The number of rotatable bonds is 4. The van der Waals surface area contributed by atoms with Crippen LogP contribution in [0.4, 0.5) is 10.1 Å². The van der Waals surface area contributed by atoms with Crippen molar-refractivity contribution in [3.05, 3.63) is 69.9 Å². The molecule has 2 aromatic rings. The molecule has 0 radical (unpaired) electrons. The van der Waals surface area contributed by atoms with E-state index in [-0.39, 0.29) is 5.69 Å². The van der Waals surface area contributed by atoms with Crippen LogP contribution in [0.15, 0.2) is 47.4 Å². The van der Waals surface area contributed by atoms with Crippen LogP contribution in [0.2, 0.25) is 0 Å². The molecule has 3 rings (SSSR count). The van der Waals surface area contributed by atoms with Crippen molar-refractivity contribution in [1.82, 2.24) is 0 Å². The van der Waals surface area contributed by atoms with Crippen LogP contribution < -0.4 is 4.90 Å². The topological polar surface area (TPSA) is 37.4 Å². The molecule has 0 saturated heterocycles. The van der Waals surface area contributed by atoms with Gasteiger partial charge in [-0.3, -0.25) is 9.59 Å². The molecular weight excluding hydrogens is 337 g/mol. The number of aryl methyl sites for hydroxylation is 2. The van der Waals surface area contributed by atoms with Crippen molar-refractivity contribution in [1.29, 1.82) is 0 Å². The summed E-state index contributed by atoms with van der Waals surface area (Å²) in [5.41, 5.74) is 3.07. The van der Waals surface area contributed by atoms with E-state index in [4.69, 9.17) is 0 Å². The molecule has 0 unspecified atom stereocenters. The Labute approximate surface area is 150 Å². The molecule has 0 atom stereocenters. The van der Waals surface area contributed by atoms with E-state index < -0.39 is 17.6 Å². The van der Waals surface area contributed by atoms with Gasteiger partial charge in [0.25, 0.3) is 11.8 Å². The van der Waals surface area contributed by atoms with Gasteiger partial charge in [-0.05, 0) is 42.9 Å². The molecule has 25 heavy (non-hydrogen) atoms. The Morgan fingerprint density at radius 2 is 1.76 bits per heavy atom. The minimum absolute atomic E-state index is 0.00790. The zero-order valence-electron chi connectivity index (χ0n) is 14.3. The fraction of sp³-hybridized carbons (Fsp3) is 0.200. The summed E-state index contributed by atoms with van der Waals surface area (Å²) in [6.45, 7) is 5.80. The second kappa shape index (κ2) is 6.84. The van der Waals surface area contributed by atoms with Crippen LogP contribution in [0.3, 0.4) is 0 Å². The van der Waals surface area contributed by atoms with Crippen LogP contribution in [0, 0.1) is 19.7 Å². The van der Waals surface area contributed by atoms with Crippen LogP contribution in [0.25, 0.3) is 5.57 Å². The number of benzene rings is 2. The number of hydrogen-bond donors (Lipinski definition) is 0. The highest BCUT2D eigenvalue weighted by molar-refractivity contribution is 8.04. The van der Waals surface area contributed by atoms with Gasteiger partial charge in [-0.15, -0.1) is 11.8 Å². The highest BCUT2D eigenvalue weighted by Crippen LogP contribution is 2.39. The van der Waals surface area contributed by atoms with Crippen LogP contribution in [-0.2, 0) is 9.59 Å². The molecular formula is C20H18FNO2S. The van der Waals surface area contributed by atoms with Gasteiger partial charge in [-0.25, -0.2) is 9.29 Å². The van der Waals surface area contributed by atoms with E-state index in [0.717, 1.165) is 21.6 Å². The summed E-state index contributed by atoms with van der Waals surface area (Å²) in [6.07, 6.45) is 0. The quantitative estimate of drug-likeness (QED) is 0.759. The normalized spacial score (nSPS) is 14.6. The van der Waals surface area contributed by atoms with E-state index in [0.29, 0.717) is 16.2 Å². The molecule has 128 valence electrons. The average molecular weight is 355 g/mol. The largest absolute Gasteiger partial charge is 0.272 e. The van der Waals surface area contributed by atoms with Gasteiger partial charge < -0.3 is 0 Å². The van der Waals surface area contributed by atoms with E-state index in [2.05, 4.69) is 0 Å². The van der Waals surface area contributed by atoms with E-state index in [1.165, 1.54) is 30.0 Å². The number of carbonyl (C=O) groups is 2. The lowest BCUT2D eigenvalue weighted by Crippen LogP contribution is -2.32. The molecule has 0 aromatic heterocycles. The number of halogens is 1. The Balaban J connectivity index is 2.16. The number of amides is 2. The first kappa shape index (κ1) is 17.4. The fourth-order valence-corrected chi connectivity index (χ4v) is 3.82. The van der Waals surface area contributed by atoms with Gasteiger partial charge >= 0.3 is 0 Å². The molecule has 1 heterocycles. The molecule has 0 N–H and O–H groups in total. The second-order valence-corrected chi connectivity index (χ2v) is 7.13. The third kappa shape index (κ3) is 3.00. The average Bonchev–Trinajstić information content (AvgIpc) is 2.80. The van der Waals surface area contributed by atoms with Crippen molar-refractivity contribution in [2.45, 2.75) is 20.8 Å². The van der Waals surface area contributed by atoms with Crippen LogP contribution in [0.5, 0.6) is 0 Å². The molecule has 0 fully saturated rings. The Morgan fingerprint density at radius 1 is 1.04 bits per heavy atom. The summed E-state index contributed by atoms with van der Waals surface area (Å²) in [7, 11) is 0. The number of carbonyl (C=O) groups excluding carboxylic acids is 2.